The predicted molar refractivity (Wildman–Crippen MR) is 139 cm³/mol. The first-order valence-corrected chi connectivity index (χ1v) is 13.0. The molecule has 4 heterocycles. The molecule has 3 aromatic heterocycles. The Morgan fingerprint density at radius 2 is 1.89 bits per heavy atom. The van der Waals surface area contributed by atoms with Gasteiger partial charge in [-0.3, -0.25) is 4.79 Å². The van der Waals surface area contributed by atoms with Crippen LogP contribution in [0.4, 0.5) is 4.39 Å². The van der Waals surface area contributed by atoms with Crippen LogP contribution in [0.2, 0.25) is 0 Å². The molecular formula is C28H27FN4O3S. The smallest absolute Gasteiger partial charge is 0.265 e. The summed E-state index contributed by atoms with van der Waals surface area (Å²) in [6.07, 6.45) is 1.60. The van der Waals surface area contributed by atoms with Gasteiger partial charge >= 0.3 is 0 Å². The molecule has 0 unspecified atom stereocenters. The second-order valence-corrected chi connectivity index (χ2v) is 11.3. The summed E-state index contributed by atoms with van der Waals surface area (Å²) in [5.41, 5.74) is 8.86. The van der Waals surface area contributed by atoms with Crippen LogP contribution in [0, 0.1) is 24.6 Å². The number of aryl methyl sites for hydroxylation is 1. The number of halogens is 1. The van der Waals surface area contributed by atoms with Crippen molar-refractivity contribution in [3.05, 3.63) is 76.7 Å². The maximum absolute atomic E-state index is 13.4. The van der Waals surface area contributed by atoms with E-state index in [0.717, 1.165) is 11.1 Å². The van der Waals surface area contributed by atoms with E-state index in [4.69, 9.17) is 19.9 Å². The third kappa shape index (κ3) is 4.53. The number of carbonyl (C=O) groups is 1. The maximum atomic E-state index is 13.4. The van der Waals surface area contributed by atoms with Crippen LogP contribution in [0.25, 0.3) is 22.0 Å². The first-order chi connectivity index (χ1) is 17.7. The van der Waals surface area contributed by atoms with Crippen LogP contribution in [0.1, 0.15) is 34.8 Å². The van der Waals surface area contributed by atoms with Crippen molar-refractivity contribution in [2.75, 3.05) is 13.1 Å². The number of likely N-dealkylation sites (tertiary alicyclic amines) is 1. The number of furan rings is 1. The maximum Gasteiger partial charge on any atom is 0.265 e. The Labute approximate surface area is 218 Å². The van der Waals surface area contributed by atoms with E-state index >= 15 is 0 Å². The summed E-state index contributed by atoms with van der Waals surface area (Å²) >= 11 is 1.36. The first-order valence-electron chi connectivity index (χ1n) is 12.2. The highest BCUT2D eigenvalue weighted by atomic mass is 32.1. The number of carbonyl (C=O) groups excluding carboxylic acids is 1. The number of fused-ring (bicyclic) bond motifs is 1. The SMILES string of the molecule is Cc1nc(-c2ccco2)sc1C(=O)N1C[C@@H]2[C@H](C1)[C@@H]2Oc1cc(C(C)(C)N)cc(-c2ccc(F)cc2)n1. The van der Waals surface area contributed by atoms with Crippen LogP contribution in [0.3, 0.4) is 0 Å². The standard InChI is InChI=1S/C28H27FN4O3S/c1-15-25(37-26(31-15)22-5-4-10-35-22)27(34)33-13-19-20(14-33)24(19)36-23-12-17(28(2,3)30)11-21(32-23)16-6-8-18(29)9-7-16/h4-12,19-20,24H,13-14,30H2,1-3H3/t19-,20+,24-. The minimum atomic E-state index is -0.598. The zero-order chi connectivity index (χ0) is 25.9. The van der Waals surface area contributed by atoms with Gasteiger partial charge in [-0.05, 0) is 68.8 Å². The molecule has 0 bridgehead atoms. The van der Waals surface area contributed by atoms with Crippen molar-refractivity contribution in [3.63, 3.8) is 0 Å². The van der Waals surface area contributed by atoms with Gasteiger partial charge in [-0.2, -0.15) is 0 Å². The summed E-state index contributed by atoms with van der Waals surface area (Å²) in [7, 11) is 0. The summed E-state index contributed by atoms with van der Waals surface area (Å²) in [4.78, 5) is 25.0. The van der Waals surface area contributed by atoms with Gasteiger partial charge in [0.2, 0.25) is 5.88 Å². The third-order valence-electron chi connectivity index (χ3n) is 7.07. The summed E-state index contributed by atoms with van der Waals surface area (Å²) < 4.78 is 25.2. The molecule has 190 valence electrons. The Balaban J connectivity index is 1.16. The van der Waals surface area contributed by atoms with E-state index in [0.29, 0.717) is 46.0 Å². The minimum absolute atomic E-state index is 0.00218. The molecule has 2 N–H and O–H groups in total. The van der Waals surface area contributed by atoms with Gasteiger partial charge in [-0.1, -0.05) is 0 Å². The fourth-order valence-electron chi connectivity index (χ4n) is 4.90. The number of benzene rings is 1. The molecule has 4 aromatic rings. The van der Waals surface area contributed by atoms with Gasteiger partial charge in [0.1, 0.15) is 16.8 Å². The molecule has 37 heavy (non-hydrogen) atoms. The number of hydrogen-bond acceptors (Lipinski definition) is 7. The van der Waals surface area contributed by atoms with Gasteiger partial charge in [-0.15, -0.1) is 11.3 Å². The molecule has 9 heteroatoms. The average Bonchev–Trinajstić information content (AvgIpc) is 3.36. The van der Waals surface area contributed by atoms with E-state index in [1.165, 1.54) is 23.5 Å². The number of amides is 1. The number of nitrogens with two attached hydrogens (primary N) is 1. The van der Waals surface area contributed by atoms with Gasteiger partial charge in [0.15, 0.2) is 10.8 Å². The lowest BCUT2D eigenvalue weighted by Crippen LogP contribution is -2.33. The predicted octanol–water partition coefficient (Wildman–Crippen LogP) is 5.26. The molecule has 2 aliphatic rings. The molecule has 3 atom stereocenters. The normalized spacial score (nSPS) is 20.7. The van der Waals surface area contributed by atoms with Crippen LogP contribution in [-0.2, 0) is 5.54 Å². The fraction of sp³-hybridized carbons (Fsp3) is 0.321. The molecule has 0 radical (unpaired) electrons. The summed E-state index contributed by atoms with van der Waals surface area (Å²) in [6, 6.07) is 13.7. The first kappa shape index (κ1) is 23.8. The molecule has 1 saturated heterocycles. The monoisotopic (exact) mass is 518 g/mol. The van der Waals surface area contributed by atoms with Crippen molar-refractivity contribution in [1.29, 1.82) is 0 Å². The van der Waals surface area contributed by atoms with Crippen molar-refractivity contribution < 1.29 is 18.3 Å². The van der Waals surface area contributed by atoms with E-state index in [-0.39, 0.29) is 29.7 Å². The zero-order valence-corrected chi connectivity index (χ0v) is 21.6. The zero-order valence-electron chi connectivity index (χ0n) is 20.8. The molecule has 0 spiro atoms. The molecule has 6 rings (SSSR count). The molecule has 1 amide bonds. The van der Waals surface area contributed by atoms with Crippen LogP contribution in [-0.4, -0.2) is 40.0 Å². The van der Waals surface area contributed by atoms with E-state index < -0.39 is 5.54 Å². The van der Waals surface area contributed by atoms with Gasteiger partial charge < -0.3 is 19.8 Å². The highest BCUT2D eigenvalue weighted by Crippen LogP contribution is 2.48. The number of hydrogen-bond donors (Lipinski definition) is 1. The Hall–Kier alpha value is -3.56. The van der Waals surface area contributed by atoms with Crippen LogP contribution >= 0.6 is 11.3 Å². The van der Waals surface area contributed by atoms with E-state index in [9.17, 15) is 9.18 Å². The second kappa shape index (κ2) is 8.78. The summed E-state index contributed by atoms with van der Waals surface area (Å²) in [6.45, 7) is 6.97. The minimum Gasteiger partial charge on any atom is -0.474 e. The summed E-state index contributed by atoms with van der Waals surface area (Å²) in [5, 5.41) is 0.710. The number of aromatic nitrogens is 2. The lowest BCUT2D eigenvalue weighted by molar-refractivity contribution is 0.0755. The van der Waals surface area contributed by atoms with Crippen molar-refractivity contribution in [2.45, 2.75) is 32.4 Å². The lowest BCUT2D eigenvalue weighted by Gasteiger charge is -2.22. The van der Waals surface area contributed by atoms with Crippen molar-refractivity contribution in [2.24, 2.45) is 17.6 Å². The quantitative estimate of drug-likeness (QED) is 0.374. The van der Waals surface area contributed by atoms with Crippen LogP contribution < -0.4 is 10.5 Å². The van der Waals surface area contributed by atoms with Gasteiger partial charge in [0.25, 0.3) is 5.91 Å². The van der Waals surface area contributed by atoms with E-state index in [1.54, 1.807) is 18.4 Å². The highest BCUT2D eigenvalue weighted by molar-refractivity contribution is 7.17. The number of piperidine rings is 1. The van der Waals surface area contributed by atoms with Gasteiger partial charge in [-0.25, -0.2) is 14.4 Å². The molecule has 7 nitrogen and oxygen atoms in total. The topological polar surface area (TPSA) is 94.5 Å². The molecule has 1 aromatic carbocycles. The average molecular weight is 519 g/mol. The van der Waals surface area contributed by atoms with Gasteiger partial charge in [0, 0.05) is 42.1 Å². The number of ether oxygens (including phenoxy) is 1. The molecule has 1 aliphatic carbocycles. The van der Waals surface area contributed by atoms with E-state index in [2.05, 4.69) is 4.98 Å². The Morgan fingerprint density at radius 3 is 2.54 bits per heavy atom. The van der Waals surface area contributed by atoms with Gasteiger partial charge in [0.05, 0.1) is 17.7 Å². The molecule has 1 aliphatic heterocycles. The Morgan fingerprint density at radius 1 is 1.16 bits per heavy atom. The van der Waals surface area contributed by atoms with Crippen LogP contribution in [0.15, 0.2) is 59.2 Å². The fourth-order valence-corrected chi connectivity index (χ4v) is 5.90. The lowest BCUT2D eigenvalue weighted by atomic mass is 9.95. The number of rotatable bonds is 6. The Kier molecular flexibility index (Phi) is 5.65. The van der Waals surface area contributed by atoms with Crippen molar-refractivity contribution >= 4 is 17.2 Å². The van der Waals surface area contributed by atoms with E-state index in [1.807, 2.05) is 49.9 Å². The summed E-state index contributed by atoms with van der Waals surface area (Å²) in [5.74, 6) is 1.38. The van der Waals surface area contributed by atoms with Crippen molar-refractivity contribution in [1.82, 2.24) is 14.9 Å². The Bertz CT molecular complexity index is 1450. The highest BCUT2D eigenvalue weighted by Gasteiger charge is 2.59. The molecular weight excluding hydrogens is 491 g/mol. The van der Waals surface area contributed by atoms with Crippen molar-refractivity contribution in [3.8, 4) is 27.9 Å². The molecule has 1 saturated carbocycles. The molecule has 2 fully saturated rings. The number of thiazole rings is 1. The second-order valence-electron chi connectivity index (χ2n) is 10.3. The largest absolute Gasteiger partial charge is 0.474 e. The van der Waals surface area contributed by atoms with Crippen LogP contribution in [0.5, 0.6) is 5.88 Å². The third-order valence-corrected chi connectivity index (χ3v) is 8.23. The number of pyridine rings is 1. The number of nitrogens with zero attached hydrogens (tertiary/aromatic N) is 3.